The summed E-state index contributed by atoms with van der Waals surface area (Å²) in [4.78, 5) is 29.5. The summed E-state index contributed by atoms with van der Waals surface area (Å²) in [6, 6.07) is 20.4. The number of aryl methyl sites for hydroxylation is 1. The largest absolute Gasteiger partial charge is 0.493 e. The fourth-order valence-corrected chi connectivity index (χ4v) is 4.98. The van der Waals surface area contributed by atoms with Gasteiger partial charge in [-0.15, -0.1) is 0 Å². The number of pyridine rings is 1. The van der Waals surface area contributed by atoms with E-state index in [1.807, 2.05) is 12.1 Å². The van der Waals surface area contributed by atoms with E-state index in [0.29, 0.717) is 58.2 Å². The first-order valence-corrected chi connectivity index (χ1v) is 15.2. The van der Waals surface area contributed by atoms with Crippen LogP contribution in [0.5, 0.6) is 11.6 Å². The summed E-state index contributed by atoms with van der Waals surface area (Å²) in [5.41, 5.74) is 4.55. The van der Waals surface area contributed by atoms with Crippen LogP contribution in [0.2, 0.25) is 0 Å². The molecule has 4 aromatic rings. The number of methoxy groups -OCH3 is 1. The molecule has 2 aliphatic rings. The zero-order valence-electron chi connectivity index (χ0n) is 26.2. The molecule has 0 unspecified atom stereocenters. The van der Waals surface area contributed by atoms with Crippen LogP contribution in [-0.2, 0) is 33.7 Å². The van der Waals surface area contributed by atoms with Crippen LogP contribution in [-0.4, -0.2) is 50.8 Å². The zero-order valence-corrected chi connectivity index (χ0v) is 26.2. The van der Waals surface area contributed by atoms with Gasteiger partial charge < -0.3 is 29.6 Å². The molecule has 6 rings (SSSR count). The highest BCUT2D eigenvalue weighted by molar-refractivity contribution is 5.98. The van der Waals surface area contributed by atoms with E-state index >= 15 is 4.39 Å². The molecule has 0 atom stereocenters. The molecule has 1 amide bonds. The highest BCUT2D eigenvalue weighted by Gasteiger charge is 2.19. The van der Waals surface area contributed by atoms with Crippen molar-refractivity contribution < 1.29 is 32.9 Å². The lowest BCUT2D eigenvalue weighted by Crippen LogP contribution is -2.17. The molecule has 0 radical (unpaired) electrons. The van der Waals surface area contributed by atoms with Crippen LogP contribution >= 0.6 is 0 Å². The Labute approximate surface area is 272 Å². The van der Waals surface area contributed by atoms with E-state index in [0.717, 1.165) is 24.3 Å². The summed E-state index contributed by atoms with van der Waals surface area (Å²) < 4.78 is 37.0. The van der Waals surface area contributed by atoms with E-state index in [1.165, 1.54) is 19.6 Å². The van der Waals surface area contributed by atoms with Crippen molar-refractivity contribution in [3.05, 3.63) is 100 Å². The lowest BCUT2D eigenvalue weighted by Gasteiger charge is -2.16. The van der Waals surface area contributed by atoms with Crippen LogP contribution in [0.3, 0.4) is 0 Å². The number of hydrogen-bond acceptors (Lipinski definition) is 9. The van der Waals surface area contributed by atoms with Crippen molar-refractivity contribution in [3.8, 4) is 29.0 Å². The van der Waals surface area contributed by atoms with Crippen molar-refractivity contribution in [2.75, 3.05) is 44.6 Å². The summed E-state index contributed by atoms with van der Waals surface area (Å²) >= 11 is 0. The number of hydrogen-bond donors (Lipinski definition) is 2. The molecule has 47 heavy (non-hydrogen) atoms. The number of anilines is 2. The fourth-order valence-electron chi connectivity index (χ4n) is 4.98. The highest BCUT2D eigenvalue weighted by atomic mass is 19.1. The molecule has 1 aromatic heterocycles. The lowest BCUT2D eigenvalue weighted by atomic mass is 10.0. The SMILES string of the molecule is C1COC1.CNc1cc(C(=O)OC)ccc1NC(=O)Cc1cc(F)c2cc1OCCCc1cc(ccc1C#N)COc1cccc-2n1. The molecule has 242 valence electrons. The number of ether oxygens (including phenoxy) is 4. The highest BCUT2D eigenvalue weighted by Crippen LogP contribution is 2.32. The second-order valence-electron chi connectivity index (χ2n) is 10.8. The van der Waals surface area contributed by atoms with Gasteiger partial charge in [0.05, 0.1) is 54.4 Å². The van der Waals surface area contributed by atoms with Crippen LogP contribution < -0.4 is 20.1 Å². The molecule has 0 saturated carbocycles. The van der Waals surface area contributed by atoms with Gasteiger partial charge in [-0.3, -0.25) is 4.79 Å². The number of amides is 1. The summed E-state index contributed by atoms with van der Waals surface area (Å²) in [6.45, 7) is 2.52. The van der Waals surface area contributed by atoms with Crippen molar-refractivity contribution in [2.45, 2.75) is 32.3 Å². The average molecular weight is 639 g/mol. The Bertz CT molecular complexity index is 1800. The van der Waals surface area contributed by atoms with E-state index < -0.39 is 17.7 Å². The normalized spacial score (nSPS) is 13.3. The third kappa shape index (κ3) is 8.42. The van der Waals surface area contributed by atoms with E-state index in [9.17, 15) is 14.9 Å². The summed E-state index contributed by atoms with van der Waals surface area (Å²) in [7, 11) is 2.95. The summed E-state index contributed by atoms with van der Waals surface area (Å²) in [5, 5.41) is 15.3. The van der Waals surface area contributed by atoms with Crippen LogP contribution in [0.25, 0.3) is 11.3 Å². The topological polar surface area (TPSA) is 132 Å². The van der Waals surface area contributed by atoms with Crippen molar-refractivity contribution in [1.82, 2.24) is 4.98 Å². The third-order valence-corrected chi connectivity index (χ3v) is 7.59. The maximum absolute atomic E-state index is 15.5. The van der Waals surface area contributed by atoms with Crippen molar-refractivity contribution >= 4 is 23.3 Å². The second kappa shape index (κ2) is 15.7. The maximum Gasteiger partial charge on any atom is 0.337 e. The van der Waals surface area contributed by atoms with E-state index in [2.05, 4.69) is 21.7 Å². The number of nitriles is 1. The molecule has 2 N–H and O–H groups in total. The predicted octanol–water partition coefficient (Wildman–Crippen LogP) is 6.08. The molecule has 1 fully saturated rings. The zero-order chi connectivity index (χ0) is 33.2. The third-order valence-electron chi connectivity index (χ3n) is 7.59. The van der Waals surface area contributed by atoms with Gasteiger partial charge in [-0.1, -0.05) is 18.2 Å². The van der Waals surface area contributed by atoms with Crippen LogP contribution in [0.4, 0.5) is 15.8 Å². The van der Waals surface area contributed by atoms with Crippen molar-refractivity contribution in [1.29, 1.82) is 5.26 Å². The minimum atomic E-state index is -0.562. The molecule has 0 aliphatic carbocycles. The van der Waals surface area contributed by atoms with Gasteiger partial charge in [0.1, 0.15) is 18.2 Å². The lowest BCUT2D eigenvalue weighted by molar-refractivity contribution is -0.115. The Kier molecular flexibility index (Phi) is 11.0. The Morgan fingerprint density at radius 1 is 1.00 bits per heavy atom. The Balaban J connectivity index is 0.00000101. The number of fused-ring (bicyclic) bond motifs is 7. The number of benzene rings is 3. The minimum absolute atomic E-state index is 0.175. The van der Waals surface area contributed by atoms with E-state index in [1.54, 1.807) is 55.6 Å². The van der Waals surface area contributed by atoms with Gasteiger partial charge in [0.15, 0.2) is 0 Å². The first kappa shape index (κ1) is 32.9. The molecule has 3 aromatic carbocycles. The molecule has 10 nitrogen and oxygen atoms in total. The molecule has 0 spiro atoms. The maximum atomic E-state index is 15.5. The van der Waals surface area contributed by atoms with Gasteiger partial charge in [0.25, 0.3) is 0 Å². The van der Waals surface area contributed by atoms with Crippen LogP contribution in [0.1, 0.15) is 45.5 Å². The number of aromatic nitrogens is 1. The molecule has 3 heterocycles. The molecule has 1 saturated heterocycles. The second-order valence-corrected chi connectivity index (χ2v) is 10.8. The summed E-state index contributed by atoms with van der Waals surface area (Å²) in [5.74, 6) is -0.806. The minimum Gasteiger partial charge on any atom is -0.493 e. The molecule has 6 bridgehead atoms. The van der Waals surface area contributed by atoms with E-state index in [4.69, 9.17) is 18.9 Å². The van der Waals surface area contributed by atoms with Crippen LogP contribution in [0, 0.1) is 17.1 Å². The van der Waals surface area contributed by atoms with Gasteiger partial charge in [0.2, 0.25) is 11.8 Å². The standard InChI is InChI=1S/C33H29FN4O5.C3H6O/c1-36-29-15-22(33(40)41-2)10-11-28(29)37-31(39)16-24-14-26(34)25-17-30(24)42-12-4-5-21-13-20(8-9-23(21)18-35)19-43-32-7-3-6-27(25)38-32;1-2-4-3-1/h3,6-11,13-15,17,36H,4-5,12,16,19H2,1-2H3,(H,37,39);1-3H2. The molecular formula is C36H35FN4O6. The monoisotopic (exact) mass is 638 g/mol. The average Bonchev–Trinajstić information content (AvgIpc) is 3.05. The number of carbonyl (C=O) groups excluding carboxylic acids is 2. The quantitative estimate of drug-likeness (QED) is 0.250. The first-order valence-electron chi connectivity index (χ1n) is 15.2. The molecule has 2 aliphatic heterocycles. The Morgan fingerprint density at radius 2 is 1.81 bits per heavy atom. The number of nitrogens with zero attached hydrogens (tertiary/aromatic N) is 2. The summed E-state index contributed by atoms with van der Waals surface area (Å²) in [6.07, 6.45) is 2.27. The predicted molar refractivity (Wildman–Crippen MR) is 174 cm³/mol. The van der Waals surface area contributed by atoms with Crippen molar-refractivity contribution in [2.24, 2.45) is 0 Å². The van der Waals surface area contributed by atoms with Gasteiger partial charge in [-0.2, -0.15) is 5.26 Å². The number of carbonyl (C=O) groups is 2. The first-order chi connectivity index (χ1) is 22.9. The Morgan fingerprint density at radius 3 is 2.53 bits per heavy atom. The molecule has 11 heteroatoms. The van der Waals surface area contributed by atoms with Gasteiger partial charge in [-0.05, 0) is 72.9 Å². The number of nitrogens with one attached hydrogen (secondary N) is 2. The fraction of sp³-hybridized carbons (Fsp3) is 0.278. The van der Waals surface area contributed by atoms with Gasteiger partial charge in [-0.25, -0.2) is 14.2 Å². The van der Waals surface area contributed by atoms with Crippen molar-refractivity contribution in [3.63, 3.8) is 0 Å². The number of rotatable bonds is 5. The van der Waals surface area contributed by atoms with Crippen LogP contribution in [0.15, 0.2) is 66.7 Å². The smallest absolute Gasteiger partial charge is 0.337 e. The van der Waals surface area contributed by atoms with Gasteiger partial charge in [0, 0.05) is 37.5 Å². The number of halogens is 1. The Hall–Kier alpha value is -5.47. The molecular weight excluding hydrogens is 603 g/mol. The van der Waals surface area contributed by atoms with E-state index in [-0.39, 0.29) is 25.2 Å². The number of esters is 1. The van der Waals surface area contributed by atoms with Gasteiger partial charge >= 0.3 is 5.97 Å².